The van der Waals surface area contributed by atoms with Gasteiger partial charge in [0.1, 0.15) is 5.75 Å². The third-order valence-electron chi connectivity index (χ3n) is 3.79. The van der Waals surface area contributed by atoms with E-state index in [0.29, 0.717) is 12.1 Å². The van der Waals surface area contributed by atoms with E-state index in [-0.39, 0.29) is 5.82 Å². The van der Waals surface area contributed by atoms with Crippen LogP contribution in [0, 0.1) is 0 Å². The molecule has 140 valence electrons. The Hall–Kier alpha value is -3.07. The molecule has 2 aromatic carbocycles. The van der Waals surface area contributed by atoms with E-state index in [4.69, 9.17) is 4.74 Å². The summed E-state index contributed by atoms with van der Waals surface area (Å²) >= 11 is 3.34. The second kappa shape index (κ2) is 8.54. The Balaban J connectivity index is 1.74. The van der Waals surface area contributed by atoms with Crippen LogP contribution in [0.5, 0.6) is 5.75 Å². The summed E-state index contributed by atoms with van der Waals surface area (Å²) in [6, 6.07) is 13.5. The number of carbonyl (C=O) groups is 1. The molecule has 1 unspecified atom stereocenters. The van der Waals surface area contributed by atoms with Crippen molar-refractivity contribution in [2.24, 2.45) is 0 Å². The molecule has 0 radical (unpaired) electrons. The highest BCUT2D eigenvalue weighted by atomic mass is 79.9. The van der Waals surface area contributed by atoms with Gasteiger partial charge in [0, 0.05) is 16.6 Å². The van der Waals surface area contributed by atoms with Crippen LogP contribution in [0.2, 0.25) is 0 Å². The first-order valence-corrected chi connectivity index (χ1v) is 8.84. The van der Waals surface area contributed by atoms with Crippen LogP contribution in [0.15, 0.2) is 62.3 Å². The van der Waals surface area contributed by atoms with E-state index in [9.17, 15) is 9.59 Å². The first-order valence-electron chi connectivity index (χ1n) is 8.05. The van der Waals surface area contributed by atoms with Crippen molar-refractivity contribution < 1.29 is 14.1 Å². The number of rotatable bonds is 6. The van der Waals surface area contributed by atoms with Crippen LogP contribution in [0.3, 0.4) is 0 Å². The van der Waals surface area contributed by atoms with Crippen LogP contribution >= 0.6 is 15.9 Å². The van der Waals surface area contributed by atoms with Gasteiger partial charge in [0.2, 0.25) is 0 Å². The number of H-pyrrole nitrogens is 1. The molecule has 3 rings (SSSR count). The van der Waals surface area contributed by atoms with Crippen molar-refractivity contribution in [3.63, 3.8) is 0 Å². The largest absolute Gasteiger partial charge is 0.497 e. The second-order valence-corrected chi connectivity index (χ2v) is 6.61. The number of hydrogen-bond donors (Lipinski definition) is 3. The lowest BCUT2D eigenvalue weighted by atomic mass is 10.1. The number of amides is 2. The fourth-order valence-corrected chi connectivity index (χ4v) is 2.73. The van der Waals surface area contributed by atoms with Crippen LogP contribution < -0.4 is 21.1 Å². The van der Waals surface area contributed by atoms with Crippen LogP contribution in [-0.4, -0.2) is 23.3 Å². The molecule has 3 aromatic rings. The number of urea groups is 1. The van der Waals surface area contributed by atoms with Crippen molar-refractivity contribution in [2.75, 3.05) is 12.4 Å². The number of aromatic amines is 1. The third kappa shape index (κ3) is 5.20. The number of benzene rings is 2. The van der Waals surface area contributed by atoms with Gasteiger partial charge >= 0.3 is 11.8 Å². The summed E-state index contributed by atoms with van der Waals surface area (Å²) in [7, 11) is 1.59. The predicted octanol–water partition coefficient (Wildman–Crippen LogP) is 3.24. The molecule has 0 aliphatic carbocycles. The van der Waals surface area contributed by atoms with Gasteiger partial charge in [-0.15, -0.1) is 0 Å². The maximum absolute atomic E-state index is 12.4. The van der Waals surface area contributed by atoms with Crippen molar-refractivity contribution in [1.82, 2.24) is 15.5 Å². The van der Waals surface area contributed by atoms with Crippen molar-refractivity contribution in [3.05, 3.63) is 74.9 Å². The van der Waals surface area contributed by atoms with Crippen LogP contribution in [-0.2, 0) is 6.42 Å². The molecule has 0 aliphatic rings. The summed E-state index contributed by atoms with van der Waals surface area (Å²) in [5.41, 5.74) is 1.56. The smallest absolute Gasteiger partial charge is 0.438 e. The van der Waals surface area contributed by atoms with Gasteiger partial charge < -0.3 is 15.4 Å². The molecular formula is C18H17BrN4O4. The van der Waals surface area contributed by atoms with Gasteiger partial charge in [-0.05, 0) is 42.0 Å². The zero-order valence-corrected chi connectivity index (χ0v) is 15.9. The maximum Gasteiger partial charge on any atom is 0.438 e. The average Bonchev–Trinajstić information content (AvgIpc) is 3.10. The summed E-state index contributed by atoms with van der Waals surface area (Å²) in [5.74, 6) is 0.285. The molecule has 8 nitrogen and oxygen atoms in total. The van der Waals surface area contributed by atoms with Crippen LogP contribution in [0.4, 0.5) is 10.5 Å². The zero-order chi connectivity index (χ0) is 19.2. The zero-order valence-electron chi connectivity index (χ0n) is 14.4. The van der Waals surface area contributed by atoms with Gasteiger partial charge in [-0.1, -0.05) is 33.2 Å². The molecule has 0 aliphatic heterocycles. The Kier molecular flexibility index (Phi) is 5.92. The van der Waals surface area contributed by atoms with Crippen molar-refractivity contribution >= 4 is 27.6 Å². The normalized spacial score (nSPS) is 11.6. The SMILES string of the molecule is COc1ccc(CC(NC(=O)Nc2ccc(Br)cc2)c2noc(=O)[nH]2)cc1. The Bertz CT molecular complexity index is 950. The third-order valence-corrected chi connectivity index (χ3v) is 4.32. The Morgan fingerprint density at radius 1 is 1.22 bits per heavy atom. The molecule has 0 spiro atoms. The molecule has 0 saturated heterocycles. The maximum atomic E-state index is 12.4. The lowest BCUT2D eigenvalue weighted by molar-refractivity contribution is 0.247. The molecule has 0 fully saturated rings. The molecule has 1 atom stereocenters. The van der Waals surface area contributed by atoms with E-state index in [1.54, 1.807) is 19.2 Å². The summed E-state index contributed by atoms with van der Waals surface area (Å²) < 4.78 is 10.6. The number of anilines is 1. The number of nitrogens with one attached hydrogen (secondary N) is 3. The number of ether oxygens (including phenoxy) is 1. The topological polar surface area (TPSA) is 109 Å². The molecular weight excluding hydrogens is 416 g/mol. The number of nitrogens with zero attached hydrogens (tertiary/aromatic N) is 1. The minimum Gasteiger partial charge on any atom is -0.497 e. The second-order valence-electron chi connectivity index (χ2n) is 5.69. The van der Waals surface area contributed by atoms with Crippen molar-refractivity contribution in [2.45, 2.75) is 12.5 Å². The van der Waals surface area contributed by atoms with Gasteiger partial charge in [0.15, 0.2) is 5.82 Å². The van der Waals surface area contributed by atoms with E-state index >= 15 is 0 Å². The fourth-order valence-electron chi connectivity index (χ4n) is 2.46. The highest BCUT2D eigenvalue weighted by Gasteiger charge is 2.20. The Morgan fingerprint density at radius 2 is 1.93 bits per heavy atom. The van der Waals surface area contributed by atoms with E-state index in [1.807, 2.05) is 36.4 Å². The van der Waals surface area contributed by atoms with Crippen molar-refractivity contribution in [1.29, 1.82) is 0 Å². The molecule has 9 heteroatoms. The number of halogens is 1. The molecule has 0 bridgehead atoms. The first-order chi connectivity index (χ1) is 13.0. The predicted molar refractivity (Wildman–Crippen MR) is 103 cm³/mol. The van der Waals surface area contributed by atoms with E-state index in [2.05, 4.69) is 41.2 Å². The summed E-state index contributed by atoms with van der Waals surface area (Å²) in [6.07, 6.45) is 0.403. The van der Waals surface area contributed by atoms with Crippen LogP contribution in [0.1, 0.15) is 17.4 Å². The molecule has 0 saturated carbocycles. The lowest BCUT2D eigenvalue weighted by Gasteiger charge is -2.17. The Labute approximate surface area is 163 Å². The highest BCUT2D eigenvalue weighted by molar-refractivity contribution is 9.10. The van der Waals surface area contributed by atoms with E-state index < -0.39 is 17.8 Å². The molecule has 1 aromatic heterocycles. The number of hydrogen-bond acceptors (Lipinski definition) is 5. The molecule has 3 N–H and O–H groups in total. The highest BCUT2D eigenvalue weighted by Crippen LogP contribution is 2.19. The minimum atomic E-state index is -0.681. The monoisotopic (exact) mass is 432 g/mol. The fraction of sp³-hybridized carbons (Fsp3) is 0.167. The average molecular weight is 433 g/mol. The van der Waals surface area contributed by atoms with Gasteiger partial charge in [-0.3, -0.25) is 9.51 Å². The summed E-state index contributed by atoms with van der Waals surface area (Å²) in [5, 5.41) is 9.24. The van der Waals surface area contributed by atoms with Gasteiger partial charge in [-0.2, -0.15) is 0 Å². The molecule has 2 amide bonds. The molecule has 1 heterocycles. The number of methoxy groups -OCH3 is 1. The van der Waals surface area contributed by atoms with Crippen LogP contribution in [0.25, 0.3) is 0 Å². The Morgan fingerprint density at radius 3 is 2.52 bits per heavy atom. The van der Waals surface area contributed by atoms with E-state index in [0.717, 1.165) is 15.8 Å². The standard InChI is InChI=1S/C18H17BrN4O4/c1-26-14-8-2-11(3-9-14)10-15(16-22-18(25)27-23-16)21-17(24)20-13-6-4-12(19)5-7-13/h2-9,15H,10H2,1H3,(H2,20,21,24)(H,22,23,25). The van der Waals surface area contributed by atoms with Crippen molar-refractivity contribution in [3.8, 4) is 5.75 Å². The van der Waals surface area contributed by atoms with Gasteiger partial charge in [0.25, 0.3) is 0 Å². The number of aromatic nitrogens is 2. The minimum absolute atomic E-state index is 0.238. The summed E-state index contributed by atoms with van der Waals surface area (Å²) in [6.45, 7) is 0. The number of carbonyl (C=O) groups excluding carboxylic acids is 1. The quantitative estimate of drug-likeness (QED) is 0.553. The van der Waals surface area contributed by atoms with Gasteiger partial charge in [0.05, 0.1) is 13.2 Å². The first kappa shape index (κ1) is 18.7. The molecule has 27 heavy (non-hydrogen) atoms. The lowest BCUT2D eigenvalue weighted by Crippen LogP contribution is -2.34. The van der Waals surface area contributed by atoms with Gasteiger partial charge in [-0.25, -0.2) is 9.59 Å². The van der Waals surface area contributed by atoms with E-state index in [1.165, 1.54) is 0 Å². The summed E-state index contributed by atoms with van der Waals surface area (Å²) in [4.78, 5) is 26.2.